The van der Waals surface area contributed by atoms with Gasteiger partial charge in [-0.2, -0.15) is 0 Å². The normalized spacial score (nSPS) is 26.5. The lowest BCUT2D eigenvalue weighted by molar-refractivity contribution is 0.218. The third-order valence-electron chi connectivity index (χ3n) is 2.49. The Kier molecular flexibility index (Phi) is 1.54. The van der Waals surface area contributed by atoms with Gasteiger partial charge in [-0.15, -0.1) is 0 Å². The summed E-state index contributed by atoms with van der Waals surface area (Å²) in [4.78, 5) is 4.05. The molecular formula is C9H12N2O. The van der Waals surface area contributed by atoms with Crippen molar-refractivity contribution in [2.75, 3.05) is 18.5 Å². The van der Waals surface area contributed by atoms with Crippen LogP contribution in [0.2, 0.25) is 0 Å². The van der Waals surface area contributed by atoms with E-state index in [1.54, 1.807) is 6.20 Å². The van der Waals surface area contributed by atoms with Crippen molar-refractivity contribution in [3.63, 3.8) is 0 Å². The molecule has 0 bridgehead atoms. The van der Waals surface area contributed by atoms with Crippen LogP contribution in [0.3, 0.4) is 0 Å². The van der Waals surface area contributed by atoms with E-state index in [0.29, 0.717) is 0 Å². The zero-order valence-corrected chi connectivity index (χ0v) is 7.04. The predicted octanol–water partition coefficient (Wildman–Crippen LogP) is 0.757. The van der Waals surface area contributed by atoms with Gasteiger partial charge in [-0.05, 0) is 6.07 Å². The standard InChI is InChI=1S/C9H12N2O/c1-9(6-12)5-11-8-2-3-10-4-7(8)9/h2-4,11-12H,5-6H2,1H3. The topological polar surface area (TPSA) is 45.1 Å². The minimum Gasteiger partial charge on any atom is -0.395 e. The fourth-order valence-electron chi connectivity index (χ4n) is 1.56. The van der Waals surface area contributed by atoms with Crippen molar-refractivity contribution < 1.29 is 5.11 Å². The smallest absolute Gasteiger partial charge is 0.0543 e. The summed E-state index contributed by atoms with van der Waals surface area (Å²) >= 11 is 0. The molecule has 2 heterocycles. The SMILES string of the molecule is CC1(CO)CNc2ccncc21. The van der Waals surface area contributed by atoms with Crippen molar-refractivity contribution in [2.24, 2.45) is 0 Å². The van der Waals surface area contributed by atoms with Crippen LogP contribution in [0.15, 0.2) is 18.5 Å². The van der Waals surface area contributed by atoms with E-state index in [0.717, 1.165) is 17.8 Å². The first-order valence-electron chi connectivity index (χ1n) is 4.05. The molecule has 0 saturated heterocycles. The second-order valence-electron chi connectivity index (χ2n) is 3.49. The Morgan fingerprint density at radius 3 is 3.33 bits per heavy atom. The number of rotatable bonds is 1. The summed E-state index contributed by atoms with van der Waals surface area (Å²) in [6, 6.07) is 1.94. The number of fused-ring (bicyclic) bond motifs is 1. The van der Waals surface area contributed by atoms with Crippen LogP contribution in [-0.2, 0) is 5.41 Å². The summed E-state index contributed by atoms with van der Waals surface area (Å²) in [7, 11) is 0. The molecule has 3 nitrogen and oxygen atoms in total. The predicted molar refractivity (Wildman–Crippen MR) is 47.2 cm³/mol. The summed E-state index contributed by atoms with van der Waals surface area (Å²) in [5, 5.41) is 12.4. The average Bonchev–Trinajstić information content (AvgIpc) is 2.46. The van der Waals surface area contributed by atoms with Crippen molar-refractivity contribution >= 4 is 5.69 Å². The molecule has 1 unspecified atom stereocenters. The van der Waals surface area contributed by atoms with Crippen molar-refractivity contribution in [1.29, 1.82) is 0 Å². The average molecular weight is 164 g/mol. The van der Waals surface area contributed by atoms with Gasteiger partial charge in [-0.25, -0.2) is 0 Å². The third kappa shape index (κ3) is 0.898. The van der Waals surface area contributed by atoms with Crippen molar-refractivity contribution in [2.45, 2.75) is 12.3 Å². The van der Waals surface area contributed by atoms with E-state index in [2.05, 4.69) is 10.3 Å². The van der Waals surface area contributed by atoms with Gasteiger partial charge in [0.25, 0.3) is 0 Å². The van der Waals surface area contributed by atoms with Gasteiger partial charge >= 0.3 is 0 Å². The number of hydrogen-bond acceptors (Lipinski definition) is 3. The maximum atomic E-state index is 9.20. The van der Waals surface area contributed by atoms with E-state index in [1.165, 1.54) is 0 Å². The van der Waals surface area contributed by atoms with Crippen LogP contribution in [0, 0.1) is 0 Å². The van der Waals surface area contributed by atoms with E-state index in [1.807, 2.05) is 19.2 Å². The number of anilines is 1. The molecule has 3 heteroatoms. The van der Waals surface area contributed by atoms with Crippen LogP contribution in [-0.4, -0.2) is 23.2 Å². The highest BCUT2D eigenvalue weighted by Crippen LogP contribution is 2.34. The highest BCUT2D eigenvalue weighted by Gasteiger charge is 2.33. The Balaban J connectivity index is 2.49. The fraction of sp³-hybridized carbons (Fsp3) is 0.444. The molecule has 1 aliphatic rings. The molecule has 12 heavy (non-hydrogen) atoms. The van der Waals surface area contributed by atoms with Gasteiger partial charge in [0.1, 0.15) is 0 Å². The largest absolute Gasteiger partial charge is 0.395 e. The lowest BCUT2D eigenvalue weighted by Gasteiger charge is -2.19. The molecule has 0 aliphatic carbocycles. The van der Waals surface area contributed by atoms with Gasteiger partial charge in [0.2, 0.25) is 0 Å². The minimum atomic E-state index is -0.149. The molecule has 1 atom stereocenters. The van der Waals surface area contributed by atoms with Crippen LogP contribution in [0.25, 0.3) is 0 Å². The van der Waals surface area contributed by atoms with E-state index < -0.39 is 0 Å². The molecule has 0 saturated carbocycles. The molecule has 1 aromatic rings. The van der Waals surface area contributed by atoms with Gasteiger partial charge in [-0.3, -0.25) is 4.98 Å². The molecule has 0 amide bonds. The number of aromatic nitrogens is 1. The lowest BCUT2D eigenvalue weighted by Crippen LogP contribution is -2.28. The Bertz CT molecular complexity index is 300. The van der Waals surface area contributed by atoms with Crippen LogP contribution >= 0.6 is 0 Å². The zero-order valence-electron chi connectivity index (χ0n) is 7.04. The molecule has 1 aliphatic heterocycles. The Morgan fingerprint density at radius 1 is 1.75 bits per heavy atom. The number of aliphatic hydroxyl groups is 1. The van der Waals surface area contributed by atoms with Crippen LogP contribution < -0.4 is 5.32 Å². The molecule has 1 aromatic heterocycles. The van der Waals surface area contributed by atoms with Gasteiger partial charge in [0.05, 0.1) is 6.61 Å². The number of pyridine rings is 1. The first-order chi connectivity index (χ1) is 5.76. The maximum absolute atomic E-state index is 9.20. The van der Waals surface area contributed by atoms with Crippen molar-refractivity contribution in [1.82, 2.24) is 4.98 Å². The van der Waals surface area contributed by atoms with Crippen molar-refractivity contribution in [3.05, 3.63) is 24.0 Å². The van der Waals surface area contributed by atoms with Crippen molar-refractivity contribution in [3.8, 4) is 0 Å². The Hall–Kier alpha value is -1.09. The number of nitrogens with zero attached hydrogens (tertiary/aromatic N) is 1. The first-order valence-corrected chi connectivity index (χ1v) is 4.05. The fourth-order valence-corrected chi connectivity index (χ4v) is 1.56. The Labute approximate surface area is 71.4 Å². The van der Waals surface area contributed by atoms with Crippen LogP contribution in [0.4, 0.5) is 5.69 Å². The molecule has 0 radical (unpaired) electrons. The highest BCUT2D eigenvalue weighted by molar-refractivity contribution is 5.58. The second kappa shape index (κ2) is 2.45. The highest BCUT2D eigenvalue weighted by atomic mass is 16.3. The molecule has 0 fully saturated rings. The van der Waals surface area contributed by atoms with Gasteiger partial charge < -0.3 is 10.4 Å². The summed E-state index contributed by atoms with van der Waals surface area (Å²) < 4.78 is 0. The van der Waals surface area contributed by atoms with Gasteiger partial charge in [0.15, 0.2) is 0 Å². The van der Waals surface area contributed by atoms with E-state index in [-0.39, 0.29) is 12.0 Å². The number of hydrogen-bond donors (Lipinski definition) is 2. The Morgan fingerprint density at radius 2 is 2.58 bits per heavy atom. The van der Waals surface area contributed by atoms with Gasteiger partial charge in [-0.1, -0.05) is 6.92 Å². The first kappa shape index (κ1) is 7.55. The summed E-state index contributed by atoms with van der Waals surface area (Å²) in [5.41, 5.74) is 2.07. The van der Waals surface area contributed by atoms with E-state index in [9.17, 15) is 5.11 Å². The molecule has 0 spiro atoms. The van der Waals surface area contributed by atoms with Gasteiger partial charge in [0, 0.05) is 35.6 Å². The molecule has 64 valence electrons. The third-order valence-corrected chi connectivity index (χ3v) is 2.49. The van der Waals surface area contributed by atoms with E-state index >= 15 is 0 Å². The molecule has 0 aromatic carbocycles. The quantitative estimate of drug-likeness (QED) is 0.644. The zero-order chi connectivity index (χ0) is 8.60. The monoisotopic (exact) mass is 164 g/mol. The molecule has 2 rings (SSSR count). The molecular weight excluding hydrogens is 152 g/mol. The maximum Gasteiger partial charge on any atom is 0.0543 e. The number of aliphatic hydroxyl groups excluding tert-OH is 1. The van der Waals surface area contributed by atoms with Crippen LogP contribution in [0.1, 0.15) is 12.5 Å². The molecule has 2 N–H and O–H groups in total. The van der Waals surface area contributed by atoms with Crippen LogP contribution in [0.5, 0.6) is 0 Å². The van der Waals surface area contributed by atoms with E-state index in [4.69, 9.17) is 0 Å². The summed E-state index contributed by atoms with van der Waals surface area (Å²) in [5.74, 6) is 0. The second-order valence-corrected chi connectivity index (χ2v) is 3.49. The number of nitrogens with one attached hydrogen (secondary N) is 1. The minimum absolute atomic E-state index is 0.149. The lowest BCUT2D eigenvalue weighted by atomic mass is 9.87. The summed E-state index contributed by atoms with van der Waals surface area (Å²) in [6.45, 7) is 3.00. The summed E-state index contributed by atoms with van der Waals surface area (Å²) in [6.07, 6.45) is 3.58.